The van der Waals surface area contributed by atoms with E-state index >= 15 is 0 Å². The first kappa shape index (κ1) is 15.2. The van der Waals surface area contributed by atoms with Crippen LogP contribution in [-0.2, 0) is 6.42 Å². The lowest BCUT2D eigenvalue weighted by molar-refractivity contribution is 0.133. The summed E-state index contributed by atoms with van der Waals surface area (Å²) in [5.74, 6) is 0.341. The highest BCUT2D eigenvalue weighted by molar-refractivity contribution is 5.29. The molecule has 0 saturated carbocycles. The Morgan fingerprint density at radius 1 is 1.20 bits per heavy atom. The molecular formula is C15H24FN3O. The van der Waals surface area contributed by atoms with Crippen molar-refractivity contribution in [2.24, 2.45) is 5.73 Å². The topological polar surface area (TPSA) is 41.7 Å². The highest BCUT2D eigenvalue weighted by Gasteiger charge is 2.13. The Morgan fingerprint density at radius 2 is 1.95 bits per heavy atom. The molecule has 2 N–H and O–H groups in total. The van der Waals surface area contributed by atoms with Crippen molar-refractivity contribution in [3.63, 3.8) is 0 Å². The fourth-order valence-corrected chi connectivity index (χ4v) is 2.38. The van der Waals surface area contributed by atoms with E-state index in [1.807, 2.05) is 6.07 Å². The third-order valence-corrected chi connectivity index (χ3v) is 3.64. The summed E-state index contributed by atoms with van der Waals surface area (Å²) in [6.45, 7) is 6.33. The van der Waals surface area contributed by atoms with Gasteiger partial charge >= 0.3 is 0 Å². The van der Waals surface area contributed by atoms with Crippen molar-refractivity contribution in [1.29, 1.82) is 0 Å². The molecule has 1 fully saturated rings. The van der Waals surface area contributed by atoms with Gasteiger partial charge in [-0.25, -0.2) is 4.39 Å². The van der Waals surface area contributed by atoms with Crippen molar-refractivity contribution in [2.75, 3.05) is 52.9 Å². The van der Waals surface area contributed by atoms with Crippen LogP contribution in [0, 0.1) is 5.82 Å². The Kier molecular flexibility index (Phi) is 5.76. The van der Waals surface area contributed by atoms with Crippen LogP contribution in [0.25, 0.3) is 0 Å². The minimum absolute atomic E-state index is 0.259. The summed E-state index contributed by atoms with van der Waals surface area (Å²) < 4.78 is 19.1. The zero-order chi connectivity index (χ0) is 14.4. The van der Waals surface area contributed by atoms with Crippen molar-refractivity contribution in [1.82, 2.24) is 9.80 Å². The molecule has 1 aromatic carbocycles. The molecule has 0 unspecified atom stereocenters. The number of piperazine rings is 1. The van der Waals surface area contributed by atoms with Crippen LogP contribution in [0.4, 0.5) is 4.39 Å². The van der Waals surface area contributed by atoms with Crippen molar-refractivity contribution in [2.45, 2.75) is 6.42 Å². The van der Waals surface area contributed by atoms with Crippen LogP contribution in [0.2, 0.25) is 0 Å². The number of hydrogen-bond acceptors (Lipinski definition) is 4. The second kappa shape index (κ2) is 7.57. The van der Waals surface area contributed by atoms with E-state index in [4.69, 9.17) is 10.5 Å². The summed E-state index contributed by atoms with van der Waals surface area (Å²) in [6.07, 6.45) is 0.673. The van der Waals surface area contributed by atoms with Gasteiger partial charge < -0.3 is 15.4 Å². The standard InChI is InChI=1S/C15H24FN3O/c1-18-4-6-19(7-5-18)8-9-20-15-11-13(2-3-17)10-14(16)12-15/h10-12H,2-9,17H2,1H3. The summed E-state index contributed by atoms with van der Waals surface area (Å²) in [4.78, 5) is 4.70. The number of benzene rings is 1. The maximum Gasteiger partial charge on any atom is 0.127 e. The van der Waals surface area contributed by atoms with E-state index in [2.05, 4.69) is 16.8 Å². The second-order valence-electron chi connectivity index (χ2n) is 5.33. The lowest BCUT2D eigenvalue weighted by Crippen LogP contribution is -2.45. The monoisotopic (exact) mass is 281 g/mol. The maximum absolute atomic E-state index is 13.4. The zero-order valence-electron chi connectivity index (χ0n) is 12.1. The predicted octanol–water partition coefficient (Wildman–Crippen LogP) is 0.953. The lowest BCUT2D eigenvalue weighted by atomic mass is 10.1. The lowest BCUT2D eigenvalue weighted by Gasteiger charge is -2.32. The molecule has 4 nitrogen and oxygen atoms in total. The SMILES string of the molecule is CN1CCN(CCOc2cc(F)cc(CCN)c2)CC1. The molecule has 20 heavy (non-hydrogen) atoms. The van der Waals surface area contributed by atoms with Gasteiger partial charge in [-0.1, -0.05) is 0 Å². The highest BCUT2D eigenvalue weighted by atomic mass is 19.1. The highest BCUT2D eigenvalue weighted by Crippen LogP contribution is 2.16. The largest absolute Gasteiger partial charge is 0.492 e. The fourth-order valence-electron chi connectivity index (χ4n) is 2.38. The minimum Gasteiger partial charge on any atom is -0.492 e. The van der Waals surface area contributed by atoms with Crippen LogP contribution in [-0.4, -0.2) is 62.7 Å². The molecule has 1 aliphatic rings. The summed E-state index contributed by atoms with van der Waals surface area (Å²) in [7, 11) is 2.14. The molecule has 0 bridgehead atoms. The Labute approximate surface area is 120 Å². The molecule has 1 aliphatic heterocycles. The molecule has 112 valence electrons. The van der Waals surface area contributed by atoms with Gasteiger partial charge in [-0.3, -0.25) is 4.90 Å². The molecule has 0 amide bonds. The van der Waals surface area contributed by atoms with Crippen LogP contribution in [0.3, 0.4) is 0 Å². The Balaban J connectivity index is 1.78. The summed E-state index contributed by atoms with van der Waals surface area (Å²) >= 11 is 0. The van der Waals surface area contributed by atoms with E-state index in [1.54, 1.807) is 0 Å². The predicted molar refractivity (Wildman–Crippen MR) is 78.6 cm³/mol. The molecule has 0 aliphatic carbocycles. The minimum atomic E-state index is -0.259. The van der Waals surface area contributed by atoms with E-state index < -0.39 is 0 Å². The van der Waals surface area contributed by atoms with Gasteiger partial charge in [0.25, 0.3) is 0 Å². The first-order chi connectivity index (χ1) is 9.67. The number of hydrogen-bond donors (Lipinski definition) is 1. The van der Waals surface area contributed by atoms with E-state index in [9.17, 15) is 4.39 Å². The Morgan fingerprint density at radius 3 is 2.65 bits per heavy atom. The van der Waals surface area contributed by atoms with Crippen molar-refractivity contribution >= 4 is 0 Å². The molecule has 0 aromatic heterocycles. The average molecular weight is 281 g/mol. The van der Waals surface area contributed by atoms with Gasteiger partial charge in [-0.05, 0) is 37.7 Å². The maximum atomic E-state index is 13.4. The summed E-state index contributed by atoms with van der Waals surface area (Å²) in [5, 5.41) is 0. The molecule has 0 radical (unpaired) electrons. The first-order valence-corrected chi connectivity index (χ1v) is 7.20. The number of halogens is 1. The van der Waals surface area contributed by atoms with E-state index in [0.717, 1.165) is 38.3 Å². The van der Waals surface area contributed by atoms with Gasteiger partial charge in [-0.15, -0.1) is 0 Å². The number of rotatable bonds is 6. The van der Waals surface area contributed by atoms with Gasteiger partial charge in [0.1, 0.15) is 18.2 Å². The Hall–Kier alpha value is -1.17. The molecule has 0 atom stereocenters. The van der Waals surface area contributed by atoms with Crippen LogP contribution in [0.1, 0.15) is 5.56 Å². The molecular weight excluding hydrogens is 257 g/mol. The van der Waals surface area contributed by atoms with E-state index in [0.29, 0.717) is 25.3 Å². The third kappa shape index (κ3) is 4.74. The fraction of sp³-hybridized carbons (Fsp3) is 0.600. The Bertz CT molecular complexity index is 420. The van der Waals surface area contributed by atoms with Crippen LogP contribution >= 0.6 is 0 Å². The summed E-state index contributed by atoms with van der Waals surface area (Å²) in [5.41, 5.74) is 6.39. The number of ether oxygens (including phenoxy) is 1. The van der Waals surface area contributed by atoms with Crippen LogP contribution in [0.5, 0.6) is 5.75 Å². The average Bonchev–Trinajstić information content (AvgIpc) is 2.41. The van der Waals surface area contributed by atoms with Gasteiger partial charge in [0.15, 0.2) is 0 Å². The normalized spacial score (nSPS) is 17.4. The van der Waals surface area contributed by atoms with Crippen LogP contribution in [0.15, 0.2) is 18.2 Å². The van der Waals surface area contributed by atoms with Gasteiger partial charge in [0.05, 0.1) is 0 Å². The van der Waals surface area contributed by atoms with E-state index in [-0.39, 0.29) is 5.82 Å². The quantitative estimate of drug-likeness (QED) is 0.843. The van der Waals surface area contributed by atoms with Gasteiger partial charge in [0.2, 0.25) is 0 Å². The zero-order valence-corrected chi connectivity index (χ0v) is 12.1. The molecule has 5 heteroatoms. The molecule has 1 heterocycles. The van der Waals surface area contributed by atoms with Gasteiger partial charge in [-0.2, -0.15) is 0 Å². The van der Waals surface area contributed by atoms with Gasteiger partial charge in [0, 0.05) is 38.8 Å². The second-order valence-corrected chi connectivity index (χ2v) is 5.33. The smallest absolute Gasteiger partial charge is 0.127 e. The number of nitrogens with zero attached hydrogens (tertiary/aromatic N) is 2. The summed E-state index contributed by atoms with van der Waals surface area (Å²) in [6, 6.07) is 4.82. The molecule has 1 aromatic rings. The first-order valence-electron chi connectivity index (χ1n) is 7.20. The third-order valence-electron chi connectivity index (χ3n) is 3.64. The number of likely N-dealkylation sites (N-methyl/N-ethyl adjacent to an activating group) is 1. The van der Waals surface area contributed by atoms with Crippen molar-refractivity contribution in [3.8, 4) is 5.75 Å². The molecule has 2 rings (SSSR count). The van der Waals surface area contributed by atoms with Crippen molar-refractivity contribution in [3.05, 3.63) is 29.6 Å². The van der Waals surface area contributed by atoms with E-state index in [1.165, 1.54) is 12.1 Å². The molecule has 0 spiro atoms. The number of nitrogens with two attached hydrogens (primary N) is 1. The molecule has 1 saturated heterocycles. The van der Waals surface area contributed by atoms with Crippen LogP contribution < -0.4 is 10.5 Å². The van der Waals surface area contributed by atoms with Crippen molar-refractivity contribution < 1.29 is 9.13 Å².